The third-order valence-corrected chi connectivity index (χ3v) is 4.89. The molecule has 0 saturated heterocycles. The Kier molecular flexibility index (Phi) is 6.84. The van der Waals surface area contributed by atoms with Gasteiger partial charge in [0.1, 0.15) is 11.6 Å². The highest BCUT2D eigenvalue weighted by atomic mass is 35.5. The summed E-state index contributed by atoms with van der Waals surface area (Å²) in [6.07, 6.45) is 1.51. The van der Waals surface area contributed by atoms with Crippen molar-refractivity contribution in [3.63, 3.8) is 0 Å². The predicted octanol–water partition coefficient (Wildman–Crippen LogP) is 4.94. The number of hydrogen-bond acceptors (Lipinski definition) is 5. The van der Waals surface area contributed by atoms with Gasteiger partial charge in [0.2, 0.25) is 5.75 Å². The zero-order valence-electron chi connectivity index (χ0n) is 16.8. The van der Waals surface area contributed by atoms with Gasteiger partial charge in [-0.05, 0) is 36.4 Å². The van der Waals surface area contributed by atoms with E-state index in [-0.39, 0.29) is 35.1 Å². The molecule has 6 nitrogen and oxygen atoms in total. The molecule has 8 heteroatoms. The Hall–Kier alpha value is -3.19. The third-order valence-electron chi connectivity index (χ3n) is 4.54. The maximum absolute atomic E-state index is 14.4. The zero-order chi connectivity index (χ0) is 21.7. The van der Waals surface area contributed by atoms with Crippen molar-refractivity contribution < 1.29 is 27.8 Å². The van der Waals surface area contributed by atoms with Crippen molar-refractivity contribution in [2.45, 2.75) is 13.1 Å². The van der Waals surface area contributed by atoms with Crippen LogP contribution in [0.1, 0.15) is 21.7 Å². The van der Waals surface area contributed by atoms with Gasteiger partial charge < -0.3 is 23.5 Å². The number of halogens is 2. The fourth-order valence-corrected chi connectivity index (χ4v) is 3.27. The summed E-state index contributed by atoms with van der Waals surface area (Å²) in [7, 11) is 4.40. The number of nitrogens with zero attached hydrogens (tertiary/aromatic N) is 1. The molecule has 0 atom stereocenters. The molecular formula is C22H21ClFNO5. The number of amides is 1. The molecule has 0 bridgehead atoms. The summed E-state index contributed by atoms with van der Waals surface area (Å²) in [4.78, 5) is 14.8. The minimum absolute atomic E-state index is 0.0539. The average molecular weight is 434 g/mol. The van der Waals surface area contributed by atoms with Gasteiger partial charge in [-0.15, -0.1) is 0 Å². The molecule has 1 aromatic heterocycles. The highest BCUT2D eigenvalue weighted by Crippen LogP contribution is 2.38. The Morgan fingerprint density at radius 2 is 1.73 bits per heavy atom. The van der Waals surface area contributed by atoms with Gasteiger partial charge in [-0.25, -0.2) is 4.39 Å². The van der Waals surface area contributed by atoms with Crippen molar-refractivity contribution in [2.75, 3.05) is 21.3 Å². The lowest BCUT2D eigenvalue weighted by molar-refractivity contribution is 0.0715. The monoisotopic (exact) mass is 433 g/mol. The van der Waals surface area contributed by atoms with E-state index in [2.05, 4.69) is 0 Å². The standard InChI is InChI=1S/C22H21ClFNO5/c1-27-19-10-14(11-20(28-2)21(19)29-3)22(26)25(12-15-6-5-9-30-15)13-16-17(23)7-4-8-18(16)24/h4-11H,12-13H2,1-3H3. The van der Waals surface area contributed by atoms with Crippen molar-refractivity contribution in [1.82, 2.24) is 4.90 Å². The molecule has 30 heavy (non-hydrogen) atoms. The Balaban J connectivity index is 2.02. The molecular weight excluding hydrogens is 413 g/mol. The number of furan rings is 1. The molecule has 3 aromatic rings. The van der Waals surface area contributed by atoms with Crippen LogP contribution in [0, 0.1) is 5.82 Å². The summed E-state index contributed by atoms with van der Waals surface area (Å²) in [6, 6.07) is 10.9. The first-order chi connectivity index (χ1) is 14.5. The molecule has 1 heterocycles. The highest BCUT2D eigenvalue weighted by molar-refractivity contribution is 6.31. The predicted molar refractivity (Wildman–Crippen MR) is 110 cm³/mol. The molecule has 0 radical (unpaired) electrons. The van der Waals surface area contributed by atoms with E-state index < -0.39 is 5.82 Å². The van der Waals surface area contributed by atoms with Gasteiger partial charge >= 0.3 is 0 Å². The molecule has 0 spiro atoms. The molecule has 0 saturated carbocycles. The van der Waals surface area contributed by atoms with E-state index in [1.165, 1.54) is 44.6 Å². The quantitative estimate of drug-likeness (QED) is 0.503. The van der Waals surface area contributed by atoms with Crippen molar-refractivity contribution in [3.8, 4) is 17.2 Å². The number of benzene rings is 2. The van der Waals surface area contributed by atoms with Crippen LogP contribution in [-0.4, -0.2) is 32.1 Å². The Labute approximate surface area is 178 Å². The number of carbonyl (C=O) groups excluding carboxylic acids is 1. The lowest BCUT2D eigenvalue weighted by atomic mass is 10.1. The normalized spacial score (nSPS) is 10.6. The Morgan fingerprint density at radius 1 is 1.03 bits per heavy atom. The molecule has 0 fully saturated rings. The van der Waals surface area contributed by atoms with Gasteiger partial charge in [0.05, 0.1) is 40.7 Å². The molecule has 3 rings (SSSR count). The zero-order valence-corrected chi connectivity index (χ0v) is 17.5. The van der Waals surface area contributed by atoms with Gasteiger partial charge in [-0.1, -0.05) is 17.7 Å². The van der Waals surface area contributed by atoms with E-state index in [4.69, 9.17) is 30.2 Å². The topological polar surface area (TPSA) is 61.1 Å². The molecule has 1 amide bonds. The Bertz CT molecular complexity index is 977. The van der Waals surface area contributed by atoms with Crippen molar-refractivity contribution >= 4 is 17.5 Å². The van der Waals surface area contributed by atoms with Crippen LogP contribution >= 0.6 is 11.6 Å². The van der Waals surface area contributed by atoms with E-state index in [0.717, 1.165) is 0 Å². The average Bonchev–Trinajstić information content (AvgIpc) is 3.27. The van der Waals surface area contributed by atoms with E-state index in [9.17, 15) is 9.18 Å². The van der Waals surface area contributed by atoms with Gasteiger partial charge in [0.15, 0.2) is 11.5 Å². The summed E-state index contributed by atoms with van der Waals surface area (Å²) in [5.41, 5.74) is 0.495. The fraction of sp³-hybridized carbons (Fsp3) is 0.227. The lowest BCUT2D eigenvalue weighted by Gasteiger charge is -2.24. The number of ether oxygens (including phenoxy) is 3. The van der Waals surface area contributed by atoms with Crippen LogP contribution in [0.5, 0.6) is 17.2 Å². The van der Waals surface area contributed by atoms with E-state index in [1.54, 1.807) is 30.3 Å². The number of hydrogen-bond donors (Lipinski definition) is 0. The Morgan fingerprint density at radius 3 is 2.27 bits per heavy atom. The summed E-state index contributed by atoms with van der Waals surface area (Å²) < 4.78 is 35.8. The van der Waals surface area contributed by atoms with Crippen molar-refractivity contribution in [1.29, 1.82) is 0 Å². The van der Waals surface area contributed by atoms with Crippen molar-refractivity contribution in [2.24, 2.45) is 0 Å². The van der Waals surface area contributed by atoms with E-state index >= 15 is 0 Å². The van der Waals surface area contributed by atoms with Crippen LogP contribution in [0.2, 0.25) is 5.02 Å². The first kappa shape index (κ1) is 21.5. The highest BCUT2D eigenvalue weighted by Gasteiger charge is 2.24. The number of carbonyl (C=O) groups is 1. The largest absolute Gasteiger partial charge is 0.493 e. The molecule has 2 aromatic carbocycles. The smallest absolute Gasteiger partial charge is 0.254 e. The van der Waals surface area contributed by atoms with Gasteiger partial charge in [-0.3, -0.25) is 4.79 Å². The molecule has 0 N–H and O–H groups in total. The van der Waals surface area contributed by atoms with E-state index in [0.29, 0.717) is 23.0 Å². The van der Waals surface area contributed by atoms with Gasteiger partial charge in [0.25, 0.3) is 5.91 Å². The second kappa shape index (κ2) is 9.54. The second-order valence-corrected chi connectivity index (χ2v) is 6.76. The maximum Gasteiger partial charge on any atom is 0.254 e. The molecule has 0 aliphatic rings. The fourth-order valence-electron chi connectivity index (χ4n) is 3.05. The summed E-state index contributed by atoms with van der Waals surface area (Å²) in [5.74, 6) is 0.702. The number of methoxy groups -OCH3 is 3. The van der Waals surface area contributed by atoms with Crippen LogP contribution in [0.25, 0.3) is 0 Å². The van der Waals surface area contributed by atoms with Crippen LogP contribution in [0.15, 0.2) is 53.1 Å². The lowest BCUT2D eigenvalue weighted by Crippen LogP contribution is -2.30. The van der Waals surface area contributed by atoms with Gasteiger partial charge in [-0.2, -0.15) is 0 Å². The maximum atomic E-state index is 14.4. The molecule has 158 valence electrons. The van der Waals surface area contributed by atoms with Crippen LogP contribution in [0.3, 0.4) is 0 Å². The molecule has 0 unspecified atom stereocenters. The summed E-state index contributed by atoms with van der Waals surface area (Å²) in [5, 5.41) is 0.233. The minimum atomic E-state index is -0.496. The first-order valence-electron chi connectivity index (χ1n) is 9.03. The van der Waals surface area contributed by atoms with Crippen LogP contribution < -0.4 is 14.2 Å². The first-order valence-corrected chi connectivity index (χ1v) is 9.40. The number of rotatable bonds is 8. The SMILES string of the molecule is COc1cc(C(=O)N(Cc2ccco2)Cc2c(F)cccc2Cl)cc(OC)c1OC. The minimum Gasteiger partial charge on any atom is -0.493 e. The molecule has 0 aliphatic heterocycles. The van der Waals surface area contributed by atoms with Crippen molar-refractivity contribution in [3.05, 3.63) is 76.5 Å². The summed E-state index contributed by atoms with van der Waals surface area (Å²) in [6.45, 7) is 0.0643. The molecule has 0 aliphatic carbocycles. The van der Waals surface area contributed by atoms with Gasteiger partial charge in [0, 0.05) is 16.1 Å². The van der Waals surface area contributed by atoms with Crippen LogP contribution in [-0.2, 0) is 13.1 Å². The third kappa shape index (κ3) is 4.52. The van der Waals surface area contributed by atoms with Crippen LogP contribution in [0.4, 0.5) is 4.39 Å². The second-order valence-electron chi connectivity index (χ2n) is 6.35. The van der Waals surface area contributed by atoms with E-state index in [1.807, 2.05) is 0 Å². The summed E-state index contributed by atoms with van der Waals surface area (Å²) >= 11 is 6.18.